The SMILES string of the molecule is Cc1nc(CN(C)C(=O)NC(C)(C)C(C)(C)C(=O)O)n[nH]1. The van der Waals surface area contributed by atoms with Crippen LogP contribution in [0, 0.1) is 12.3 Å². The summed E-state index contributed by atoms with van der Waals surface area (Å²) in [5.41, 5.74) is -2.02. The third kappa shape index (κ3) is 3.71. The first-order chi connectivity index (χ1) is 9.47. The minimum atomic E-state index is -1.11. The highest BCUT2D eigenvalue weighted by atomic mass is 16.4. The number of aromatic amines is 1. The fraction of sp³-hybridized carbons (Fsp3) is 0.692. The van der Waals surface area contributed by atoms with Crippen LogP contribution in [0.25, 0.3) is 0 Å². The molecule has 0 aliphatic rings. The Kier molecular flexibility index (Phi) is 4.60. The number of H-pyrrole nitrogens is 1. The summed E-state index contributed by atoms with van der Waals surface area (Å²) >= 11 is 0. The zero-order valence-electron chi connectivity index (χ0n) is 13.3. The van der Waals surface area contributed by atoms with Crippen LogP contribution in [0.5, 0.6) is 0 Å². The number of carbonyl (C=O) groups excluding carboxylic acids is 1. The number of aryl methyl sites for hydroxylation is 1. The van der Waals surface area contributed by atoms with Crippen LogP contribution in [0.1, 0.15) is 39.3 Å². The number of carbonyl (C=O) groups is 2. The Labute approximate surface area is 123 Å². The zero-order chi connectivity index (χ0) is 16.4. The molecule has 0 atom stereocenters. The second kappa shape index (κ2) is 5.71. The zero-order valence-corrected chi connectivity index (χ0v) is 13.3. The maximum absolute atomic E-state index is 12.2. The number of carboxylic acid groups (broad SMARTS) is 1. The van der Waals surface area contributed by atoms with Crippen molar-refractivity contribution < 1.29 is 14.7 Å². The molecule has 1 rings (SSSR count). The smallest absolute Gasteiger partial charge is 0.317 e. The lowest BCUT2D eigenvalue weighted by Gasteiger charge is -2.39. The van der Waals surface area contributed by atoms with Gasteiger partial charge in [-0.1, -0.05) is 0 Å². The highest BCUT2D eigenvalue weighted by Gasteiger charge is 2.44. The predicted molar refractivity (Wildman–Crippen MR) is 76.6 cm³/mol. The number of nitrogens with zero attached hydrogens (tertiary/aromatic N) is 3. The summed E-state index contributed by atoms with van der Waals surface area (Å²) in [6.45, 7) is 8.53. The van der Waals surface area contributed by atoms with E-state index in [1.807, 2.05) is 0 Å². The van der Waals surface area contributed by atoms with Gasteiger partial charge in [0.25, 0.3) is 0 Å². The molecule has 0 saturated carbocycles. The van der Waals surface area contributed by atoms with E-state index in [0.717, 1.165) is 0 Å². The quantitative estimate of drug-likeness (QED) is 0.754. The Hall–Kier alpha value is -2.12. The van der Waals surface area contributed by atoms with Crippen LogP contribution < -0.4 is 5.32 Å². The van der Waals surface area contributed by atoms with Crippen LogP contribution in [-0.4, -0.2) is 49.8 Å². The molecule has 0 aliphatic carbocycles. The molecule has 8 nitrogen and oxygen atoms in total. The van der Waals surface area contributed by atoms with E-state index in [4.69, 9.17) is 0 Å². The number of hydrogen-bond donors (Lipinski definition) is 3. The third-order valence-corrected chi connectivity index (χ3v) is 3.89. The first-order valence-electron chi connectivity index (χ1n) is 6.62. The second-order valence-electron chi connectivity index (χ2n) is 6.18. The van der Waals surface area contributed by atoms with Crippen molar-refractivity contribution in [2.45, 2.75) is 46.7 Å². The molecular formula is C13H23N5O3. The van der Waals surface area contributed by atoms with Crippen molar-refractivity contribution in [2.75, 3.05) is 7.05 Å². The molecule has 0 radical (unpaired) electrons. The number of nitrogens with one attached hydrogen (secondary N) is 2. The number of aliphatic carboxylic acids is 1. The van der Waals surface area contributed by atoms with Crippen LogP contribution in [0.15, 0.2) is 0 Å². The summed E-state index contributed by atoms with van der Waals surface area (Å²) < 4.78 is 0. The maximum atomic E-state index is 12.2. The Bertz CT molecular complexity index is 536. The fourth-order valence-corrected chi connectivity index (χ4v) is 1.53. The van der Waals surface area contributed by atoms with E-state index < -0.39 is 16.9 Å². The molecule has 0 fully saturated rings. The Morgan fingerprint density at radius 3 is 2.33 bits per heavy atom. The number of carboxylic acids is 1. The largest absolute Gasteiger partial charge is 0.481 e. The molecule has 0 bridgehead atoms. The average molecular weight is 297 g/mol. The summed E-state index contributed by atoms with van der Waals surface area (Å²) in [5.74, 6) is 0.201. The summed E-state index contributed by atoms with van der Waals surface area (Å²) in [6.07, 6.45) is 0. The first-order valence-corrected chi connectivity index (χ1v) is 6.62. The standard InChI is InChI=1S/C13H23N5O3/c1-8-14-9(17-16-8)7-18(6)11(21)15-13(4,5)12(2,3)10(19)20/h7H2,1-6H3,(H,15,21)(H,19,20)(H,14,16,17). The van der Waals surface area contributed by atoms with E-state index in [9.17, 15) is 14.7 Å². The summed E-state index contributed by atoms with van der Waals surface area (Å²) in [5, 5.41) is 18.7. The molecule has 1 heterocycles. The summed E-state index contributed by atoms with van der Waals surface area (Å²) in [7, 11) is 1.60. The van der Waals surface area contributed by atoms with E-state index in [1.54, 1.807) is 41.7 Å². The summed E-state index contributed by atoms with van der Waals surface area (Å²) in [4.78, 5) is 29.0. The van der Waals surface area contributed by atoms with Crippen LogP contribution >= 0.6 is 0 Å². The predicted octanol–water partition coefficient (Wildman–Crippen LogP) is 1.14. The summed E-state index contributed by atoms with van der Waals surface area (Å²) in [6, 6.07) is -0.378. The van der Waals surface area contributed by atoms with Crippen molar-refractivity contribution >= 4 is 12.0 Å². The van der Waals surface area contributed by atoms with E-state index in [0.29, 0.717) is 11.6 Å². The lowest BCUT2D eigenvalue weighted by molar-refractivity contribution is -0.150. The number of aromatic nitrogens is 3. The van der Waals surface area contributed by atoms with Crippen molar-refractivity contribution in [3.8, 4) is 0 Å². The second-order valence-corrected chi connectivity index (χ2v) is 6.18. The normalized spacial score (nSPS) is 12.1. The van der Waals surface area contributed by atoms with Crippen LogP contribution in [-0.2, 0) is 11.3 Å². The van der Waals surface area contributed by atoms with E-state index in [-0.39, 0.29) is 12.6 Å². The molecule has 0 spiro atoms. The van der Waals surface area contributed by atoms with Gasteiger partial charge in [-0.25, -0.2) is 9.78 Å². The number of urea groups is 1. The third-order valence-electron chi connectivity index (χ3n) is 3.89. The molecule has 0 unspecified atom stereocenters. The van der Waals surface area contributed by atoms with Crippen LogP contribution in [0.4, 0.5) is 4.79 Å². The van der Waals surface area contributed by atoms with Crippen LogP contribution in [0.3, 0.4) is 0 Å². The minimum absolute atomic E-state index is 0.236. The van der Waals surface area contributed by atoms with Gasteiger partial charge < -0.3 is 15.3 Å². The van der Waals surface area contributed by atoms with Crippen molar-refractivity contribution in [3.05, 3.63) is 11.6 Å². The van der Waals surface area contributed by atoms with E-state index in [2.05, 4.69) is 20.5 Å². The molecule has 2 amide bonds. The van der Waals surface area contributed by atoms with Gasteiger partial charge in [0, 0.05) is 7.05 Å². The number of rotatable bonds is 5. The first kappa shape index (κ1) is 16.9. The van der Waals surface area contributed by atoms with Crippen molar-refractivity contribution in [1.82, 2.24) is 25.4 Å². The van der Waals surface area contributed by atoms with Gasteiger partial charge in [-0.15, -0.1) is 0 Å². The van der Waals surface area contributed by atoms with Gasteiger partial charge in [-0.05, 0) is 34.6 Å². The van der Waals surface area contributed by atoms with Gasteiger partial charge in [-0.2, -0.15) is 5.10 Å². The lowest BCUT2D eigenvalue weighted by Crippen LogP contribution is -2.59. The van der Waals surface area contributed by atoms with E-state index >= 15 is 0 Å². The number of amides is 2. The Morgan fingerprint density at radius 1 is 1.33 bits per heavy atom. The molecule has 0 aromatic carbocycles. The average Bonchev–Trinajstić information content (AvgIpc) is 2.73. The van der Waals surface area contributed by atoms with Gasteiger partial charge in [0.05, 0.1) is 17.5 Å². The maximum Gasteiger partial charge on any atom is 0.317 e. The molecule has 3 N–H and O–H groups in total. The lowest BCUT2D eigenvalue weighted by atomic mass is 9.74. The highest BCUT2D eigenvalue weighted by Crippen LogP contribution is 2.30. The molecule has 0 aliphatic heterocycles. The van der Waals surface area contributed by atoms with Gasteiger partial charge in [0.15, 0.2) is 5.82 Å². The van der Waals surface area contributed by atoms with E-state index in [1.165, 1.54) is 4.90 Å². The molecule has 1 aromatic heterocycles. The highest BCUT2D eigenvalue weighted by molar-refractivity contribution is 5.79. The Balaban J connectivity index is 2.73. The molecule has 21 heavy (non-hydrogen) atoms. The number of hydrogen-bond acceptors (Lipinski definition) is 4. The molecule has 8 heteroatoms. The van der Waals surface area contributed by atoms with Gasteiger partial charge in [0.2, 0.25) is 0 Å². The monoisotopic (exact) mass is 297 g/mol. The molecule has 118 valence electrons. The van der Waals surface area contributed by atoms with Gasteiger partial charge in [0.1, 0.15) is 5.82 Å². The molecule has 0 saturated heterocycles. The topological polar surface area (TPSA) is 111 Å². The van der Waals surface area contributed by atoms with Gasteiger partial charge >= 0.3 is 12.0 Å². The van der Waals surface area contributed by atoms with Gasteiger partial charge in [-0.3, -0.25) is 9.89 Å². The minimum Gasteiger partial charge on any atom is -0.481 e. The van der Waals surface area contributed by atoms with Crippen molar-refractivity contribution in [1.29, 1.82) is 0 Å². The Morgan fingerprint density at radius 2 is 1.90 bits per heavy atom. The molecule has 1 aromatic rings. The van der Waals surface area contributed by atoms with Crippen LogP contribution in [0.2, 0.25) is 0 Å². The molecular weight excluding hydrogens is 274 g/mol. The fourth-order valence-electron chi connectivity index (χ4n) is 1.53. The van der Waals surface area contributed by atoms with Crippen molar-refractivity contribution in [2.24, 2.45) is 5.41 Å². The van der Waals surface area contributed by atoms with Crippen molar-refractivity contribution in [3.63, 3.8) is 0 Å².